The van der Waals surface area contributed by atoms with Crippen molar-refractivity contribution in [2.75, 3.05) is 26.7 Å². The smallest absolute Gasteiger partial charge is 0.215 e. The van der Waals surface area contributed by atoms with Crippen LogP contribution in [0.5, 0.6) is 0 Å². The molecule has 0 bridgehead atoms. The molecule has 1 aliphatic heterocycles. The summed E-state index contributed by atoms with van der Waals surface area (Å²) in [6, 6.07) is 0. The summed E-state index contributed by atoms with van der Waals surface area (Å²) in [5.41, 5.74) is 0. The van der Waals surface area contributed by atoms with Crippen LogP contribution in [0.2, 0.25) is 0 Å². The fraction of sp³-hybridized carbons (Fsp3) is 1.00. The highest BCUT2D eigenvalue weighted by molar-refractivity contribution is 7.90. The van der Waals surface area contributed by atoms with Crippen molar-refractivity contribution in [3.8, 4) is 0 Å². The van der Waals surface area contributed by atoms with Gasteiger partial charge in [0.25, 0.3) is 0 Å². The Labute approximate surface area is 97.9 Å². The minimum absolute atomic E-state index is 0.338. The molecule has 0 aromatic heterocycles. The lowest BCUT2D eigenvalue weighted by Crippen LogP contribution is -2.47. The van der Waals surface area contributed by atoms with Crippen molar-refractivity contribution in [3.05, 3.63) is 0 Å². The number of sulfonamides is 1. The quantitative estimate of drug-likeness (QED) is 0.707. The van der Waals surface area contributed by atoms with Gasteiger partial charge in [-0.3, -0.25) is 4.90 Å². The summed E-state index contributed by atoms with van der Waals surface area (Å²) >= 11 is 0. The second kappa shape index (κ2) is 5.95. The Hall–Kier alpha value is -0.170. The van der Waals surface area contributed by atoms with Crippen LogP contribution in [0.4, 0.5) is 0 Å². The molecule has 1 fully saturated rings. The van der Waals surface area contributed by atoms with Crippen LogP contribution in [-0.4, -0.2) is 56.5 Å². The zero-order valence-electron chi connectivity index (χ0n) is 10.0. The summed E-state index contributed by atoms with van der Waals surface area (Å²) in [6.07, 6.45) is 1.94. The third kappa shape index (κ3) is 3.69. The Morgan fingerprint density at radius 1 is 1.56 bits per heavy atom. The highest BCUT2D eigenvalue weighted by Gasteiger charge is 2.29. The largest absolute Gasteiger partial charge is 0.392 e. The minimum atomic E-state index is -3.17. The highest BCUT2D eigenvalue weighted by atomic mass is 32.2. The molecule has 2 atom stereocenters. The molecule has 1 rings (SSSR count). The number of aliphatic hydroxyl groups excluding tert-OH is 1. The molecule has 0 unspecified atom stereocenters. The molecule has 2 N–H and O–H groups in total. The molecule has 5 nitrogen and oxygen atoms in total. The van der Waals surface area contributed by atoms with Crippen molar-refractivity contribution in [2.24, 2.45) is 0 Å². The van der Waals surface area contributed by atoms with Gasteiger partial charge in [-0.15, -0.1) is 0 Å². The lowest BCUT2D eigenvalue weighted by atomic mass is 10.1. The van der Waals surface area contributed by atoms with Crippen molar-refractivity contribution < 1.29 is 13.5 Å². The summed E-state index contributed by atoms with van der Waals surface area (Å²) in [4.78, 5) is 2.04. The summed E-state index contributed by atoms with van der Waals surface area (Å²) in [6.45, 7) is 3.91. The molecule has 1 heterocycles. The molecular weight excluding hydrogens is 228 g/mol. The summed E-state index contributed by atoms with van der Waals surface area (Å²) < 4.78 is 25.7. The number of nitrogens with zero attached hydrogens (tertiary/aromatic N) is 1. The SMILES string of the molecule is CC[C@@H](O)CN1CCC[C@H](S(=O)(=O)NC)C1. The van der Waals surface area contributed by atoms with Crippen molar-refractivity contribution >= 4 is 10.0 Å². The molecule has 0 amide bonds. The second-order valence-electron chi connectivity index (χ2n) is 4.34. The van der Waals surface area contributed by atoms with E-state index in [4.69, 9.17) is 0 Å². The molecule has 16 heavy (non-hydrogen) atoms. The van der Waals surface area contributed by atoms with Gasteiger partial charge in [0.15, 0.2) is 0 Å². The van der Waals surface area contributed by atoms with Gasteiger partial charge in [0, 0.05) is 13.1 Å². The Morgan fingerprint density at radius 2 is 2.25 bits per heavy atom. The standard InChI is InChI=1S/C10H22N2O3S/c1-3-9(13)7-12-6-4-5-10(8-12)16(14,15)11-2/h9-11,13H,3-8H2,1-2H3/t9-,10+/m1/s1. The number of likely N-dealkylation sites (tertiary alicyclic amines) is 1. The zero-order valence-corrected chi connectivity index (χ0v) is 10.8. The monoisotopic (exact) mass is 250 g/mol. The molecule has 0 spiro atoms. The number of hydrogen-bond donors (Lipinski definition) is 2. The first-order valence-electron chi connectivity index (χ1n) is 5.82. The molecule has 0 saturated carbocycles. The van der Waals surface area contributed by atoms with Crippen LogP contribution in [0.15, 0.2) is 0 Å². The molecule has 1 saturated heterocycles. The molecule has 0 radical (unpaired) electrons. The van der Waals surface area contributed by atoms with Crippen molar-refractivity contribution in [1.29, 1.82) is 0 Å². The highest BCUT2D eigenvalue weighted by Crippen LogP contribution is 2.16. The van der Waals surface area contributed by atoms with Gasteiger partial charge in [0.05, 0.1) is 11.4 Å². The number of hydrogen-bond acceptors (Lipinski definition) is 4. The van der Waals surface area contributed by atoms with Gasteiger partial charge in [0.1, 0.15) is 0 Å². The first-order chi connectivity index (χ1) is 7.49. The van der Waals surface area contributed by atoms with Crippen molar-refractivity contribution in [1.82, 2.24) is 9.62 Å². The van der Waals surface area contributed by atoms with Crippen LogP contribution in [0.1, 0.15) is 26.2 Å². The topological polar surface area (TPSA) is 69.6 Å². The van der Waals surface area contributed by atoms with Gasteiger partial charge in [0.2, 0.25) is 10.0 Å². The fourth-order valence-electron chi connectivity index (χ4n) is 2.03. The Balaban J connectivity index is 2.54. The van der Waals surface area contributed by atoms with Crippen molar-refractivity contribution in [3.63, 3.8) is 0 Å². The number of piperidine rings is 1. The third-order valence-electron chi connectivity index (χ3n) is 3.13. The molecule has 0 aromatic carbocycles. The summed E-state index contributed by atoms with van der Waals surface area (Å²) in [7, 11) is -1.72. The molecule has 6 heteroatoms. The van der Waals surface area contributed by atoms with E-state index in [2.05, 4.69) is 4.72 Å². The van der Waals surface area contributed by atoms with E-state index in [0.29, 0.717) is 25.9 Å². The van der Waals surface area contributed by atoms with Crippen LogP contribution in [0.3, 0.4) is 0 Å². The zero-order chi connectivity index (χ0) is 12.2. The first kappa shape index (κ1) is 13.9. The van der Waals surface area contributed by atoms with E-state index >= 15 is 0 Å². The molecular formula is C10H22N2O3S. The Morgan fingerprint density at radius 3 is 2.81 bits per heavy atom. The summed E-state index contributed by atoms with van der Waals surface area (Å²) in [5.74, 6) is 0. The van der Waals surface area contributed by atoms with Gasteiger partial charge < -0.3 is 5.11 Å². The number of nitrogens with one attached hydrogen (secondary N) is 1. The molecule has 96 valence electrons. The van der Waals surface area contributed by atoms with Gasteiger partial charge in [-0.1, -0.05) is 6.92 Å². The van der Waals surface area contributed by atoms with E-state index in [1.165, 1.54) is 7.05 Å². The average molecular weight is 250 g/mol. The van der Waals surface area contributed by atoms with E-state index in [-0.39, 0.29) is 11.4 Å². The third-order valence-corrected chi connectivity index (χ3v) is 4.96. The van der Waals surface area contributed by atoms with Gasteiger partial charge in [-0.2, -0.15) is 0 Å². The van der Waals surface area contributed by atoms with E-state index < -0.39 is 10.0 Å². The van der Waals surface area contributed by atoms with Crippen molar-refractivity contribution in [2.45, 2.75) is 37.5 Å². The fourth-order valence-corrected chi connectivity index (χ4v) is 3.24. The second-order valence-corrected chi connectivity index (χ2v) is 6.50. The average Bonchev–Trinajstić information content (AvgIpc) is 2.29. The van der Waals surface area contributed by atoms with Crippen LogP contribution < -0.4 is 4.72 Å². The Kier molecular flexibility index (Phi) is 5.17. The van der Waals surface area contributed by atoms with E-state index in [9.17, 15) is 13.5 Å². The van der Waals surface area contributed by atoms with Crippen LogP contribution in [-0.2, 0) is 10.0 Å². The first-order valence-corrected chi connectivity index (χ1v) is 7.37. The normalized spacial score (nSPS) is 25.6. The van der Waals surface area contributed by atoms with Crippen LogP contribution >= 0.6 is 0 Å². The molecule has 0 aliphatic carbocycles. The predicted octanol–water partition coefficient (Wildman–Crippen LogP) is -0.229. The lowest BCUT2D eigenvalue weighted by molar-refractivity contribution is 0.0990. The number of rotatable bonds is 5. The molecule has 0 aromatic rings. The van der Waals surface area contributed by atoms with Gasteiger partial charge in [-0.25, -0.2) is 13.1 Å². The maximum absolute atomic E-state index is 11.7. The maximum Gasteiger partial charge on any atom is 0.215 e. The van der Waals surface area contributed by atoms with Gasteiger partial charge in [-0.05, 0) is 32.9 Å². The Bertz CT molecular complexity index is 305. The van der Waals surface area contributed by atoms with E-state index in [1.54, 1.807) is 0 Å². The molecule has 1 aliphatic rings. The predicted molar refractivity (Wildman–Crippen MR) is 63.7 cm³/mol. The van der Waals surface area contributed by atoms with Crippen LogP contribution in [0.25, 0.3) is 0 Å². The lowest BCUT2D eigenvalue weighted by Gasteiger charge is -2.33. The number of aliphatic hydroxyl groups is 1. The van der Waals surface area contributed by atoms with E-state index in [0.717, 1.165) is 13.0 Å². The summed E-state index contributed by atoms with van der Waals surface area (Å²) in [5, 5.41) is 9.21. The van der Waals surface area contributed by atoms with Gasteiger partial charge >= 0.3 is 0 Å². The number of β-amino-alcohol motifs (C(OH)–C–C–N with tert-alkyl or cyclic N) is 1. The van der Waals surface area contributed by atoms with Crippen LogP contribution in [0, 0.1) is 0 Å². The maximum atomic E-state index is 11.7. The minimum Gasteiger partial charge on any atom is -0.392 e. The van der Waals surface area contributed by atoms with E-state index in [1.807, 2.05) is 11.8 Å².